The van der Waals surface area contributed by atoms with Gasteiger partial charge in [0.2, 0.25) is 0 Å². The summed E-state index contributed by atoms with van der Waals surface area (Å²) >= 11 is 0. The van der Waals surface area contributed by atoms with Gasteiger partial charge in [-0.15, -0.1) is 0 Å². The van der Waals surface area contributed by atoms with Crippen molar-refractivity contribution in [1.82, 2.24) is 9.66 Å². The second-order valence-electron chi connectivity index (χ2n) is 5.67. The molecule has 4 rings (SSSR count). The quantitative estimate of drug-likeness (QED) is 0.727. The summed E-state index contributed by atoms with van der Waals surface area (Å²) in [6.45, 7) is 5.43. The molecule has 0 unspecified atom stereocenters. The molecule has 0 spiro atoms. The minimum atomic E-state index is 0.764. The van der Waals surface area contributed by atoms with Crippen LogP contribution in [-0.4, -0.2) is 36.0 Å². The van der Waals surface area contributed by atoms with Crippen molar-refractivity contribution in [3.05, 3.63) is 54.1 Å². The highest BCUT2D eigenvalue weighted by Crippen LogP contribution is 2.26. The van der Waals surface area contributed by atoms with Gasteiger partial charge in [-0.2, -0.15) is 0 Å². The van der Waals surface area contributed by atoms with Gasteiger partial charge in [-0.1, -0.05) is 36.4 Å². The lowest BCUT2D eigenvalue weighted by Crippen LogP contribution is -2.44. The Morgan fingerprint density at radius 1 is 1.00 bits per heavy atom. The Hall–Kier alpha value is -2.33. The molecular formula is C18H19N3O. The van der Waals surface area contributed by atoms with Crippen molar-refractivity contribution >= 4 is 11.0 Å². The first-order chi connectivity index (χ1) is 10.8. The Morgan fingerprint density at radius 3 is 2.55 bits per heavy atom. The van der Waals surface area contributed by atoms with E-state index in [2.05, 4.69) is 59.1 Å². The van der Waals surface area contributed by atoms with E-state index < -0.39 is 0 Å². The number of imidazole rings is 1. The number of nitrogens with zero attached hydrogens (tertiary/aromatic N) is 3. The van der Waals surface area contributed by atoms with Crippen LogP contribution in [0.3, 0.4) is 0 Å². The molecule has 4 heteroatoms. The van der Waals surface area contributed by atoms with Crippen molar-refractivity contribution in [3.8, 4) is 11.4 Å². The van der Waals surface area contributed by atoms with E-state index in [0.29, 0.717) is 0 Å². The van der Waals surface area contributed by atoms with Crippen LogP contribution in [0, 0.1) is 6.92 Å². The summed E-state index contributed by atoms with van der Waals surface area (Å²) in [6, 6.07) is 16.8. The highest BCUT2D eigenvalue weighted by molar-refractivity contribution is 5.81. The minimum Gasteiger partial charge on any atom is -0.378 e. The number of fused-ring (bicyclic) bond motifs is 1. The van der Waals surface area contributed by atoms with Crippen LogP contribution in [0.2, 0.25) is 0 Å². The van der Waals surface area contributed by atoms with Crippen molar-refractivity contribution < 1.29 is 4.74 Å². The zero-order chi connectivity index (χ0) is 14.9. The first kappa shape index (κ1) is 13.3. The van der Waals surface area contributed by atoms with Crippen LogP contribution in [0.4, 0.5) is 0 Å². The number of ether oxygens (including phenoxy) is 1. The van der Waals surface area contributed by atoms with Crippen molar-refractivity contribution in [2.75, 3.05) is 31.3 Å². The topological polar surface area (TPSA) is 30.3 Å². The lowest BCUT2D eigenvalue weighted by molar-refractivity contribution is 0.112. The molecule has 1 fully saturated rings. The molecule has 22 heavy (non-hydrogen) atoms. The summed E-state index contributed by atoms with van der Waals surface area (Å²) in [7, 11) is 0. The average molecular weight is 293 g/mol. The summed E-state index contributed by atoms with van der Waals surface area (Å²) in [6.07, 6.45) is 0. The molecule has 3 aromatic rings. The minimum absolute atomic E-state index is 0.764. The van der Waals surface area contributed by atoms with Crippen LogP contribution in [-0.2, 0) is 4.74 Å². The third-order valence-corrected chi connectivity index (χ3v) is 4.09. The maximum atomic E-state index is 5.50. The van der Waals surface area contributed by atoms with E-state index in [9.17, 15) is 0 Å². The van der Waals surface area contributed by atoms with E-state index in [1.807, 2.05) is 6.07 Å². The molecule has 0 saturated carbocycles. The van der Waals surface area contributed by atoms with Gasteiger partial charge < -0.3 is 9.75 Å². The number of aromatic nitrogens is 2. The monoisotopic (exact) mass is 293 g/mol. The van der Waals surface area contributed by atoms with Gasteiger partial charge >= 0.3 is 0 Å². The first-order valence-corrected chi connectivity index (χ1v) is 7.70. The molecule has 0 amide bonds. The van der Waals surface area contributed by atoms with E-state index in [1.54, 1.807) is 0 Å². The van der Waals surface area contributed by atoms with Crippen LogP contribution in [0.5, 0.6) is 0 Å². The highest BCUT2D eigenvalue weighted by Gasteiger charge is 2.19. The molecule has 0 aliphatic carbocycles. The van der Waals surface area contributed by atoms with Gasteiger partial charge in [-0.3, -0.25) is 0 Å². The molecular weight excluding hydrogens is 274 g/mol. The Balaban J connectivity index is 1.94. The zero-order valence-electron chi connectivity index (χ0n) is 12.7. The molecule has 1 aliphatic rings. The lowest BCUT2D eigenvalue weighted by atomic mass is 10.2. The molecule has 0 atom stereocenters. The van der Waals surface area contributed by atoms with Crippen molar-refractivity contribution in [1.29, 1.82) is 0 Å². The van der Waals surface area contributed by atoms with Gasteiger partial charge in [-0.25, -0.2) is 9.66 Å². The van der Waals surface area contributed by atoms with Gasteiger partial charge in [0.05, 0.1) is 37.3 Å². The van der Waals surface area contributed by atoms with Crippen molar-refractivity contribution in [2.45, 2.75) is 6.92 Å². The number of rotatable bonds is 2. The van der Waals surface area contributed by atoms with E-state index in [1.165, 1.54) is 11.1 Å². The number of hydrogen-bond acceptors (Lipinski definition) is 3. The van der Waals surface area contributed by atoms with Crippen molar-refractivity contribution in [2.24, 2.45) is 0 Å². The summed E-state index contributed by atoms with van der Waals surface area (Å²) in [4.78, 5) is 4.88. The van der Waals surface area contributed by atoms with E-state index in [-0.39, 0.29) is 0 Å². The van der Waals surface area contributed by atoms with Gasteiger partial charge in [0.15, 0.2) is 5.82 Å². The van der Waals surface area contributed by atoms with Crippen LogP contribution in [0.15, 0.2) is 48.5 Å². The largest absolute Gasteiger partial charge is 0.378 e. The summed E-state index contributed by atoms with van der Waals surface area (Å²) in [5, 5.41) is 2.33. The van der Waals surface area contributed by atoms with Gasteiger partial charge in [0, 0.05) is 5.56 Å². The molecule has 0 radical (unpaired) electrons. The van der Waals surface area contributed by atoms with E-state index in [0.717, 1.165) is 43.2 Å². The third kappa shape index (κ3) is 2.25. The van der Waals surface area contributed by atoms with Crippen molar-refractivity contribution in [3.63, 3.8) is 0 Å². The number of aryl methyl sites for hydroxylation is 1. The first-order valence-electron chi connectivity index (χ1n) is 7.70. The number of hydrogen-bond donors (Lipinski definition) is 0. The fraction of sp³-hybridized carbons (Fsp3) is 0.278. The molecule has 0 bridgehead atoms. The summed E-state index contributed by atoms with van der Waals surface area (Å²) < 4.78 is 7.77. The zero-order valence-corrected chi connectivity index (χ0v) is 12.7. The molecule has 2 aromatic carbocycles. The Morgan fingerprint density at radius 2 is 1.77 bits per heavy atom. The Kier molecular flexibility index (Phi) is 3.31. The SMILES string of the molecule is Cc1ccc2nc(-c3ccccc3)n(N3CCOCC3)c2c1. The molecule has 4 nitrogen and oxygen atoms in total. The molecule has 1 aromatic heterocycles. The predicted molar refractivity (Wildman–Crippen MR) is 88.7 cm³/mol. The fourth-order valence-electron chi connectivity index (χ4n) is 2.99. The summed E-state index contributed by atoms with van der Waals surface area (Å²) in [5.74, 6) is 1.00. The Bertz CT molecular complexity index is 789. The number of morpholine rings is 1. The lowest BCUT2D eigenvalue weighted by Gasteiger charge is -2.31. The normalized spacial score (nSPS) is 15.4. The maximum Gasteiger partial charge on any atom is 0.159 e. The second-order valence-corrected chi connectivity index (χ2v) is 5.67. The molecule has 2 heterocycles. The summed E-state index contributed by atoms with van der Waals surface area (Å²) in [5.41, 5.74) is 4.60. The average Bonchev–Trinajstić information content (AvgIpc) is 2.95. The van der Waals surface area contributed by atoms with Gasteiger partial charge in [-0.05, 0) is 24.6 Å². The number of benzene rings is 2. The molecule has 112 valence electrons. The van der Waals surface area contributed by atoms with Crippen LogP contribution >= 0.6 is 0 Å². The smallest absolute Gasteiger partial charge is 0.159 e. The maximum absolute atomic E-state index is 5.50. The van der Waals surface area contributed by atoms with Crippen LogP contribution in [0.1, 0.15) is 5.56 Å². The second kappa shape index (κ2) is 5.46. The third-order valence-electron chi connectivity index (χ3n) is 4.09. The molecule has 0 N–H and O–H groups in total. The fourth-order valence-corrected chi connectivity index (χ4v) is 2.99. The highest BCUT2D eigenvalue weighted by atomic mass is 16.5. The van der Waals surface area contributed by atoms with Crippen LogP contribution < -0.4 is 5.01 Å². The van der Waals surface area contributed by atoms with E-state index in [4.69, 9.17) is 9.72 Å². The van der Waals surface area contributed by atoms with Gasteiger partial charge in [0.1, 0.15) is 0 Å². The van der Waals surface area contributed by atoms with E-state index >= 15 is 0 Å². The molecule has 1 saturated heterocycles. The standard InChI is InChI=1S/C18H19N3O/c1-14-7-8-16-17(13-14)21(20-9-11-22-12-10-20)18(19-16)15-5-3-2-4-6-15/h2-8,13H,9-12H2,1H3. The van der Waals surface area contributed by atoms with Crippen LogP contribution in [0.25, 0.3) is 22.4 Å². The predicted octanol–water partition coefficient (Wildman–Crippen LogP) is 2.98. The molecule has 1 aliphatic heterocycles. The van der Waals surface area contributed by atoms with Gasteiger partial charge in [0.25, 0.3) is 0 Å². The Labute approximate surface area is 129 Å².